The Morgan fingerprint density at radius 2 is 1.59 bits per heavy atom. The van der Waals surface area contributed by atoms with Crippen LogP contribution in [-0.4, -0.2) is 36.7 Å². The van der Waals surface area contributed by atoms with Gasteiger partial charge in [-0.05, 0) is 35.7 Å². The van der Waals surface area contributed by atoms with Crippen LogP contribution in [0.15, 0.2) is 59.5 Å². The Morgan fingerprint density at radius 3 is 2.15 bits per heavy atom. The van der Waals surface area contributed by atoms with Crippen LogP contribution in [0.1, 0.15) is 19.4 Å². The normalized spacial score (nSPS) is 14.0. The zero-order valence-corrected chi connectivity index (χ0v) is 16.0. The second-order valence-corrected chi connectivity index (χ2v) is 8.27. The summed E-state index contributed by atoms with van der Waals surface area (Å²) in [7, 11) is -3.70. The molecule has 0 aromatic heterocycles. The summed E-state index contributed by atoms with van der Waals surface area (Å²) in [5, 5.41) is 22.0. The highest BCUT2D eigenvalue weighted by Crippen LogP contribution is 2.16. The first-order chi connectivity index (χ1) is 12.7. The predicted molar refractivity (Wildman–Crippen MR) is 102 cm³/mol. The highest BCUT2D eigenvalue weighted by atomic mass is 32.2. The summed E-state index contributed by atoms with van der Waals surface area (Å²) in [6.45, 7) is 3.54. The molecule has 0 bridgehead atoms. The van der Waals surface area contributed by atoms with Gasteiger partial charge in [0.15, 0.2) is 6.10 Å². The summed E-state index contributed by atoms with van der Waals surface area (Å²) in [5.74, 6) is -1.04. The molecule has 0 spiro atoms. The SMILES string of the molecule is CC(C)[C@@H](O)[C@H](O)C(=O)Nc1ccc(S(=O)(=O)NCc2ccccc2)cc1. The van der Waals surface area contributed by atoms with E-state index in [0.29, 0.717) is 5.69 Å². The third kappa shape index (κ3) is 5.86. The van der Waals surface area contributed by atoms with Gasteiger partial charge in [-0.15, -0.1) is 0 Å². The topological polar surface area (TPSA) is 116 Å². The van der Waals surface area contributed by atoms with Crippen LogP contribution < -0.4 is 10.0 Å². The molecule has 0 aliphatic heterocycles. The van der Waals surface area contributed by atoms with Crippen molar-refractivity contribution in [1.29, 1.82) is 0 Å². The summed E-state index contributed by atoms with van der Waals surface area (Å²) in [6, 6.07) is 14.7. The second-order valence-electron chi connectivity index (χ2n) is 6.50. The van der Waals surface area contributed by atoms with Crippen molar-refractivity contribution in [3.05, 3.63) is 60.2 Å². The molecule has 2 atom stereocenters. The first-order valence-corrected chi connectivity index (χ1v) is 9.99. The zero-order valence-electron chi connectivity index (χ0n) is 15.2. The smallest absolute Gasteiger partial charge is 0.255 e. The lowest BCUT2D eigenvalue weighted by molar-refractivity contribution is -0.131. The van der Waals surface area contributed by atoms with Gasteiger partial charge >= 0.3 is 0 Å². The van der Waals surface area contributed by atoms with E-state index in [4.69, 9.17) is 0 Å². The van der Waals surface area contributed by atoms with Crippen LogP contribution in [-0.2, 0) is 21.4 Å². The number of rotatable bonds is 8. The Balaban J connectivity index is 2.00. The van der Waals surface area contributed by atoms with E-state index in [1.807, 2.05) is 30.3 Å². The summed E-state index contributed by atoms with van der Waals surface area (Å²) in [6.07, 6.45) is -2.76. The van der Waals surface area contributed by atoms with Gasteiger partial charge in [0.1, 0.15) is 0 Å². The van der Waals surface area contributed by atoms with Gasteiger partial charge < -0.3 is 15.5 Å². The number of hydrogen-bond donors (Lipinski definition) is 4. The van der Waals surface area contributed by atoms with Gasteiger partial charge in [0.05, 0.1) is 11.0 Å². The third-order valence-corrected chi connectivity index (χ3v) is 5.43. The van der Waals surface area contributed by atoms with E-state index in [-0.39, 0.29) is 17.4 Å². The first kappa shape index (κ1) is 21.0. The van der Waals surface area contributed by atoms with Gasteiger partial charge in [0, 0.05) is 12.2 Å². The minimum atomic E-state index is -3.70. The van der Waals surface area contributed by atoms with E-state index in [1.165, 1.54) is 24.3 Å². The molecule has 1 amide bonds. The van der Waals surface area contributed by atoms with Crippen molar-refractivity contribution in [1.82, 2.24) is 4.72 Å². The number of carbonyl (C=O) groups excluding carboxylic acids is 1. The fraction of sp³-hybridized carbons (Fsp3) is 0.316. The molecule has 8 heteroatoms. The molecule has 0 aliphatic rings. The van der Waals surface area contributed by atoms with Crippen LogP contribution in [0.3, 0.4) is 0 Å². The van der Waals surface area contributed by atoms with Crippen molar-refractivity contribution < 1.29 is 23.4 Å². The van der Waals surface area contributed by atoms with Gasteiger partial charge in [-0.25, -0.2) is 13.1 Å². The molecule has 0 saturated carbocycles. The molecular weight excluding hydrogens is 368 g/mol. The maximum Gasteiger partial charge on any atom is 0.255 e. The summed E-state index contributed by atoms with van der Waals surface area (Å²) < 4.78 is 27.2. The Morgan fingerprint density at radius 1 is 1.00 bits per heavy atom. The maximum atomic E-state index is 12.3. The summed E-state index contributed by atoms with van der Waals surface area (Å²) in [4.78, 5) is 12.0. The quantitative estimate of drug-likeness (QED) is 0.543. The molecule has 0 radical (unpaired) electrons. The lowest BCUT2D eigenvalue weighted by Gasteiger charge is -2.20. The van der Waals surface area contributed by atoms with Crippen LogP contribution in [0.5, 0.6) is 0 Å². The van der Waals surface area contributed by atoms with Crippen LogP contribution >= 0.6 is 0 Å². The molecule has 146 valence electrons. The second kappa shape index (κ2) is 9.09. The first-order valence-electron chi connectivity index (χ1n) is 8.51. The maximum absolute atomic E-state index is 12.3. The summed E-state index contributed by atoms with van der Waals surface area (Å²) >= 11 is 0. The van der Waals surface area contributed by atoms with Gasteiger partial charge in [0.25, 0.3) is 5.91 Å². The number of sulfonamides is 1. The molecule has 0 heterocycles. The van der Waals surface area contributed by atoms with Crippen LogP contribution in [0.25, 0.3) is 0 Å². The van der Waals surface area contributed by atoms with Gasteiger partial charge in [-0.3, -0.25) is 4.79 Å². The van der Waals surface area contributed by atoms with Crippen molar-refractivity contribution >= 4 is 21.6 Å². The van der Waals surface area contributed by atoms with E-state index in [1.54, 1.807) is 13.8 Å². The fourth-order valence-corrected chi connectivity index (χ4v) is 3.33. The van der Waals surface area contributed by atoms with Gasteiger partial charge in [-0.1, -0.05) is 44.2 Å². The van der Waals surface area contributed by atoms with E-state index >= 15 is 0 Å². The lowest BCUT2D eigenvalue weighted by Crippen LogP contribution is -2.40. The molecule has 2 aromatic carbocycles. The Labute approximate surface area is 159 Å². The number of aliphatic hydroxyl groups is 2. The lowest BCUT2D eigenvalue weighted by atomic mass is 10.0. The highest BCUT2D eigenvalue weighted by Gasteiger charge is 2.26. The molecule has 27 heavy (non-hydrogen) atoms. The average Bonchev–Trinajstić information content (AvgIpc) is 2.66. The number of benzene rings is 2. The number of anilines is 1. The monoisotopic (exact) mass is 392 g/mol. The van der Waals surface area contributed by atoms with Crippen molar-refractivity contribution in [2.75, 3.05) is 5.32 Å². The van der Waals surface area contributed by atoms with Crippen molar-refractivity contribution in [3.63, 3.8) is 0 Å². The number of aliphatic hydroxyl groups excluding tert-OH is 2. The van der Waals surface area contributed by atoms with E-state index in [0.717, 1.165) is 5.56 Å². The van der Waals surface area contributed by atoms with Crippen LogP contribution in [0.2, 0.25) is 0 Å². The van der Waals surface area contributed by atoms with Crippen LogP contribution in [0, 0.1) is 5.92 Å². The van der Waals surface area contributed by atoms with E-state index in [2.05, 4.69) is 10.0 Å². The molecule has 0 fully saturated rings. The molecular formula is C19H24N2O5S. The predicted octanol–water partition coefficient (Wildman–Crippen LogP) is 1.48. The van der Waals surface area contributed by atoms with Gasteiger partial charge in [-0.2, -0.15) is 0 Å². The van der Waals surface area contributed by atoms with E-state index < -0.39 is 28.1 Å². The minimum absolute atomic E-state index is 0.0548. The number of amides is 1. The number of carbonyl (C=O) groups is 1. The molecule has 2 aromatic rings. The van der Waals surface area contributed by atoms with E-state index in [9.17, 15) is 23.4 Å². The zero-order chi connectivity index (χ0) is 20.0. The highest BCUT2D eigenvalue weighted by molar-refractivity contribution is 7.89. The Kier molecular flexibility index (Phi) is 7.09. The molecule has 0 saturated heterocycles. The molecule has 2 rings (SSSR count). The van der Waals surface area contributed by atoms with Crippen LogP contribution in [0.4, 0.5) is 5.69 Å². The molecule has 0 aliphatic carbocycles. The molecule has 0 unspecified atom stereocenters. The van der Waals surface area contributed by atoms with Crippen molar-refractivity contribution in [2.45, 2.75) is 37.5 Å². The number of hydrogen-bond acceptors (Lipinski definition) is 5. The Hall–Kier alpha value is -2.26. The minimum Gasteiger partial charge on any atom is -0.390 e. The largest absolute Gasteiger partial charge is 0.390 e. The Bertz CT molecular complexity index is 851. The van der Waals surface area contributed by atoms with Crippen molar-refractivity contribution in [3.8, 4) is 0 Å². The third-order valence-electron chi connectivity index (χ3n) is 4.02. The standard InChI is InChI=1S/C19H24N2O5S/c1-13(2)17(22)18(23)19(24)21-15-8-10-16(11-9-15)27(25,26)20-12-14-6-4-3-5-7-14/h3-11,13,17-18,20,22-23H,12H2,1-2H3,(H,21,24)/t17-,18+/m1/s1. The molecule has 7 nitrogen and oxygen atoms in total. The average molecular weight is 392 g/mol. The van der Waals surface area contributed by atoms with Gasteiger partial charge in [0.2, 0.25) is 10.0 Å². The number of nitrogens with one attached hydrogen (secondary N) is 2. The van der Waals surface area contributed by atoms with Crippen molar-refractivity contribution in [2.24, 2.45) is 5.92 Å². The fourth-order valence-electron chi connectivity index (χ4n) is 2.31. The summed E-state index contributed by atoms with van der Waals surface area (Å²) in [5.41, 5.74) is 1.15. The molecule has 4 N–H and O–H groups in total.